The van der Waals surface area contributed by atoms with Gasteiger partial charge in [-0.1, -0.05) is 36.3 Å². The molecule has 0 saturated carbocycles. The van der Waals surface area contributed by atoms with Gasteiger partial charge >= 0.3 is 0 Å². The first-order chi connectivity index (χ1) is 10.2. The van der Waals surface area contributed by atoms with E-state index in [9.17, 15) is 4.79 Å². The van der Waals surface area contributed by atoms with Crippen molar-refractivity contribution in [1.29, 1.82) is 0 Å². The van der Waals surface area contributed by atoms with Gasteiger partial charge in [0.25, 0.3) is 0 Å². The monoisotopic (exact) mass is 282 g/mol. The number of aromatic nitrogens is 2. The number of hydrogen-bond acceptors (Lipinski definition) is 3. The maximum absolute atomic E-state index is 12.2. The molecule has 0 N–H and O–H groups in total. The summed E-state index contributed by atoms with van der Waals surface area (Å²) in [6, 6.07) is 11.7. The van der Waals surface area contributed by atoms with E-state index in [0.29, 0.717) is 5.69 Å². The summed E-state index contributed by atoms with van der Waals surface area (Å²) < 4.78 is 6.96. The smallest absolute Gasteiger partial charge is 0.206 e. The van der Waals surface area contributed by atoms with Crippen LogP contribution in [0, 0.1) is 11.8 Å². The minimum atomic E-state index is -0.0896. The summed E-state index contributed by atoms with van der Waals surface area (Å²) in [5.74, 6) is 5.40. The van der Waals surface area contributed by atoms with E-state index < -0.39 is 0 Å². The molecule has 0 fully saturated rings. The molecule has 1 heterocycles. The summed E-state index contributed by atoms with van der Waals surface area (Å²) in [4.78, 5) is 12.2. The van der Waals surface area contributed by atoms with Gasteiger partial charge in [-0.05, 0) is 25.5 Å². The molecular formula is C17H18N2O2. The summed E-state index contributed by atoms with van der Waals surface area (Å²) in [6.07, 6.45) is 1.64. The second-order valence-electron chi connectivity index (χ2n) is 4.59. The van der Waals surface area contributed by atoms with Gasteiger partial charge in [0.2, 0.25) is 5.78 Å². The zero-order valence-corrected chi connectivity index (χ0v) is 12.2. The molecule has 2 rings (SSSR count). The molecule has 1 aromatic heterocycles. The number of nitrogens with zero attached hydrogens (tertiary/aromatic N) is 2. The Morgan fingerprint density at radius 2 is 2.10 bits per heavy atom. The SMILES string of the molecule is CC#CCOCC(=O)c1ccnn1[C@H](C)c1ccccc1. The van der Waals surface area contributed by atoms with E-state index in [4.69, 9.17) is 4.74 Å². The van der Waals surface area contributed by atoms with Gasteiger partial charge in [-0.2, -0.15) is 5.10 Å². The van der Waals surface area contributed by atoms with Crippen molar-refractivity contribution in [3.8, 4) is 11.8 Å². The zero-order valence-electron chi connectivity index (χ0n) is 12.2. The van der Waals surface area contributed by atoms with E-state index in [1.807, 2.05) is 37.3 Å². The summed E-state index contributed by atoms with van der Waals surface area (Å²) in [7, 11) is 0. The number of benzene rings is 1. The minimum Gasteiger partial charge on any atom is -0.361 e. The van der Waals surface area contributed by atoms with E-state index in [-0.39, 0.29) is 25.0 Å². The van der Waals surface area contributed by atoms with Crippen molar-refractivity contribution in [2.45, 2.75) is 19.9 Å². The average molecular weight is 282 g/mol. The van der Waals surface area contributed by atoms with Crippen LogP contribution in [0.2, 0.25) is 0 Å². The molecule has 0 bridgehead atoms. The van der Waals surface area contributed by atoms with Crippen molar-refractivity contribution >= 4 is 5.78 Å². The normalized spacial score (nSPS) is 11.5. The number of ether oxygens (including phenoxy) is 1. The number of ketones is 1. The Morgan fingerprint density at radius 3 is 2.81 bits per heavy atom. The van der Waals surface area contributed by atoms with Crippen LogP contribution in [0.4, 0.5) is 0 Å². The lowest BCUT2D eigenvalue weighted by Gasteiger charge is -2.15. The first-order valence-corrected chi connectivity index (χ1v) is 6.83. The van der Waals surface area contributed by atoms with Crippen molar-refractivity contribution < 1.29 is 9.53 Å². The van der Waals surface area contributed by atoms with E-state index in [2.05, 4.69) is 16.9 Å². The van der Waals surface area contributed by atoms with Crippen LogP contribution in [-0.2, 0) is 4.74 Å². The molecule has 0 aliphatic rings. The van der Waals surface area contributed by atoms with Gasteiger partial charge in [-0.15, -0.1) is 5.92 Å². The Morgan fingerprint density at radius 1 is 1.33 bits per heavy atom. The minimum absolute atomic E-state index is 0.00409. The average Bonchev–Trinajstić information content (AvgIpc) is 3.01. The van der Waals surface area contributed by atoms with Crippen LogP contribution in [0.15, 0.2) is 42.6 Å². The molecule has 0 spiro atoms. The molecule has 1 atom stereocenters. The highest BCUT2D eigenvalue weighted by atomic mass is 16.5. The molecule has 21 heavy (non-hydrogen) atoms. The van der Waals surface area contributed by atoms with Crippen molar-refractivity contribution in [3.05, 3.63) is 53.9 Å². The topological polar surface area (TPSA) is 44.1 Å². The molecule has 0 unspecified atom stereocenters. The number of carbonyl (C=O) groups is 1. The Kier molecular flexibility index (Phi) is 5.30. The largest absolute Gasteiger partial charge is 0.361 e. The molecule has 1 aromatic carbocycles. The van der Waals surface area contributed by atoms with Crippen LogP contribution in [0.5, 0.6) is 0 Å². The molecule has 0 saturated heterocycles. The second kappa shape index (κ2) is 7.41. The fourth-order valence-electron chi connectivity index (χ4n) is 2.06. The maximum Gasteiger partial charge on any atom is 0.206 e. The predicted molar refractivity (Wildman–Crippen MR) is 81.1 cm³/mol. The van der Waals surface area contributed by atoms with E-state index >= 15 is 0 Å². The van der Waals surface area contributed by atoms with Gasteiger partial charge < -0.3 is 4.74 Å². The Hall–Kier alpha value is -2.38. The predicted octanol–water partition coefficient (Wildman–Crippen LogP) is 2.72. The van der Waals surface area contributed by atoms with Crippen LogP contribution >= 0.6 is 0 Å². The highest BCUT2D eigenvalue weighted by molar-refractivity contribution is 5.95. The lowest BCUT2D eigenvalue weighted by Crippen LogP contribution is -2.18. The van der Waals surface area contributed by atoms with E-state index in [1.54, 1.807) is 23.9 Å². The molecule has 4 nitrogen and oxygen atoms in total. The third kappa shape index (κ3) is 3.80. The molecule has 108 valence electrons. The number of Topliss-reactive ketones (excluding diaryl/α,β-unsaturated/α-hetero) is 1. The van der Waals surface area contributed by atoms with Crippen LogP contribution in [-0.4, -0.2) is 28.8 Å². The van der Waals surface area contributed by atoms with Crippen molar-refractivity contribution in [2.75, 3.05) is 13.2 Å². The Balaban J connectivity index is 2.10. The standard InChI is InChI=1S/C17H18N2O2/c1-3-4-12-21-13-17(20)16-10-11-18-19(16)14(2)15-8-6-5-7-9-15/h5-11,14H,12-13H2,1-2H3/t14-/m1/s1. The maximum atomic E-state index is 12.2. The molecular weight excluding hydrogens is 264 g/mol. The Bertz CT molecular complexity index is 650. The zero-order chi connectivity index (χ0) is 15.1. The van der Waals surface area contributed by atoms with E-state index in [1.165, 1.54) is 0 Å². The van der Waals surface area contributed by atoms with Gasteiger partial charge in [0.15, 0.2) is 0 Å². The summed E-state index contributed by atoms with van der Waals surface area (Å²) >= 11 is 0. The van der Waals surface area contributed by atoms with Gasteiger partial charge in [0.05, 0.1) is 6.04 Å². The molecule has 2 aromatic rings. The molecule has 0 aliphatic heterocycles. The third-order valence-electron chi connectivity index (χ3n) is 3.19. The highest BCUT2D eigenvalue weighted by Gasteiger charge is 2.17. The van der Waals surface area contributed by atoms with Crippen LogP contribution < -0.4 is 0 Å². The number of hydrogen-bond donors (Lipinski definition) is 0. The van der Waals surface area contributed by atoms with Crippen molar-refractivity contribution in [3.63, 3.8) is 0 Å². The molecule has 0 amide bonds. The van der Waals surface area contributed by atoms with Crippen LogP contribution in [0.3, 0.4) is 0 Å². The molecule has 0 radical (unpaired) electrons. The van der Waals surface area contributed by atoms with Gasteiger partial charge in [0.1, 0.15) is 18.9 Å². The molecule has 0 aliphatic carbocycles. The molecule has 4 heteroatoms. The van der Waals surface area contributed by atoms with Crippen molar-refractivity contribution in [1.82, 2.24) is 9.78 Å². The van der Waals surface area contributed by atoms with Gasteiger partial charge in [0, 0.05) is 6.20 Å². The summed E-state index contributed by atoms with van der Waals surface area (Å²) in [6.45, 7) is 4.04. The lowest BCUT2D eigenvalue weighted by atomic mass is 10.1. The lowest BCUT2D eigenvalue weighted by molar-refractivity contribution is 0.0800. The fraction of sp³-hybridized carbons (Fsp3) is 0.294. The van der Waals surface area contributed by atoms with Gasteiger partial charge in [-0.3, -0.25) is 9.48 Å². The van der Waals surface area contributed by atoms with Crippen LogP contribution in [0.1, 0.15) is 35.9 Å². The summed E-state index contributed by atoms with van der Waals surface area (Å²) in [5, 5.41) is 4.27. The Labute approximate surface area is 124 Å². The number of rotatable bonds is 6. The second-order valence-corrected chi connectivity index (χ2v) is 4.59. The third-order valence-corrected chi connectivity index (χ3v) is 3.19. The van der Waals surface area contributed by atoms with E-state index in [0.717, 1.165) is 5.56 Å². The first-order valence-electron chi connectivity index (χ1n) is 6.83. The quantitative estimate of drug-likeness (QED) is 0.465. The van der Waals surface area contributed by atoms with Crippen molar-refractivity contribution in [2.24, 2.45) is 0 Å². The van der Waals surface area contributed by atoms with Crippen LogP contribution in [0.25, 0.3) is 0 Å². The summed E-state index contributed by atoms with van der Waals surface area (Å²) in [5.41, 5.74) is 1.66. The highest BCUT2D eigenvalue weighted by Crippen LogP contribution is 2.18. The fourth-order valence-corrected chi connectivity index (χ4v) is 2.06. The first kappa shape index (κ1) is 15.0. The number of carbonyl (C=O) groups excluding carboxylic acids is 1. The van der Waals surface area contributed by atoms with Gasteiger partial charge in [-0.25, -0.2) is 0 Å².